The first kappa shape index (κ1) is 26.7. The van der Waals surface area contributed by atoms with E-state index in [-0.39, 0.29) is 9.79 Å². The van der Waals surface area contributed by atoms with Crippen LogP contribution in [-0.4, -0.2) is 35.5 Å². The molecule has 0 aromatic heterocycles. The highest BCUT2D eigenvalue weighted by atomic mass is 35.5. The molecular weight excluding hydrogens is 508 g/mol. The lowest BCUT2D eigenvalue weighted by atomic mass is 10.1. The number of benzene rings is 3. The summed E-state index contributed by atoms with van der Waals surface area (Å²) in [6, 6.07) is 16.7. The minimum atomic E-state index is -4.07. The van der Waals surface area contributed by atoms with Gasteiger partial charge in [0.15, 0.2) is 9.84 Å². The predicted octanol–water partition coefficient (Wildman–Crippen LogP) is 4.43. The van der Waals surface area contributed by atoms with Gasteiger partial charge in [0.2, 0.25) is 5.91 Å². The van der Waals surface area contributed by atoms with Gasteiger partial charge in [-0.05, 0) is 86.0 Å². The minimum absolute atomic E-state index is 0.0114. The number of anilines is 1. The first-order chi connectivity index (χ1) is 16.3. The molecule has 1 N–H and O–H groups in total. The molecule has 10 heteroatoms. The van der Waals surface area contributed by atoms with Crippen molar-refractivity contribution >= 4 is 43.1 Å². The SMILES string of the molecule is Cc1ccc(N(CC(=O)N[C@H](C)c2ccc(S(C)(=O)=O)cc2)S(=O)(=O)c2ccc(Cl)cc2)cc1C. The van der Waals surface area contributed by atoms with Crippen LogP contribution in [0, 0.1) is 13.8 Å². The molecule has 186 valence electrons. The average Bonchev–Trinajstić information content (AvgIpc) is 2.79. The van der Waals surface area contributed by atoms with Gasteiger partial charge in [0, 0.05) is 11.3 Å². The minimum Gasteiger partial charge on any atom is -0.348 e. The first-order valence-corrected chi connectivity index (χ1v) is 14.4. The Morgan fingerprint density at radius 3 is 2.00 bits per heavy atom. The van der Waals surface area contributed by atoms with E-state index in [2.05, 4.69) is 5.32 Å². The highest BCUT2D eigenvalue weighted by Crippen LogP contribution is 2.27. The maximum Gasteiger partial charge on any atom is 0.264 e. The molecule has 0 heterocycles. The largest absolute Gasteiger partial charge is 0.348 e. The van der Waals surface area contributed by atoms with Crippen LogP contribution in [0.15, 0.2) is 76.5 Å². The summed E-state index contributed by atoms with van der Waals surface area (Å²) in [4.78, 5) is 13.2. The van der Waals surface area contributed by atoms with E-state index in [4.69, 9.17) is 11.6 Å². The van der Waals surface area contributed by atoms with Crippen LogP contribution >= 0.6 is 11.6 Å². The first-order valence-electron chi connectivity index (χ1n) is 10.7. The molecule has 0 bridgehead atoms. The van der Waals surface area contributed by atoms with Gasteiger partial charge < -0.3 is 5.32 Å². The van der Waals surface area contributed by atoms with Crippen molar-refractivity contribution in [2.45, 2.75) is 36.6 Å². The van der Waals surface area contributed by atoms with Gasteiger partial charge in [0.1, 0.15) is 6.54 Å². The summed E-state index contributed by atoms with van der Waals surface area (Å²) in [7, 11) is -7.41. The standard InChI is InChI=1S/C25H27ClN2O5S2/c1-17-5-10-22(15-18(17)2)28(35(32,33)24-13-8-21(26)9-14-24)16-25(29)27-19(3)20-6-11-23(12-7-20)34(4,30)31/h5-15,19H,16H2,1-4H3,(H,27,29)/t19-/m1/s1. The quantitative estimate of drug-likeness (QED) is 0.460. The molecule has 0 aliphatic heterocycles. The fraction of sp³-hybridized carbons (Fsp3) is 0.240. The lowest BCUT2D eigenvalue weighted by Crippen LogP contribution is -2.41. The third kappa shape index (κ3) is 6.42. The Morgan fingerprint density at radius 2 is 1.46 bits per heavy atom. The van der Waals surface area contributed by atoms with Gasteiger partial charge >= 0.3 is 0 Å². The second-order valence-electron chi connectivity index (χ2n) is 8.36. The van der Waals surface area contributed by atoms with Crippen LogP contribution in [0.25, 0.3) is 0 Å². The summed E-state index contributed by atoms with van der Waals surface area (Å²) in [5, 5.41) is 3.20. The van der Waals surface area contributed by atoms with Gasteiger partial charge in [-0.3, -0.25) is 9.10 Å². The van der Waals surface area contributed by atoms with Crippen molar-refractivity contribution in [2.75, 3.05) is 17.1 Å². The van der Waals surface area contributed by atoms with E-state index in [1.807, 2.05) is 13.8 Å². The number of nitrogens with one attached hydrogen (secondary N) is 1. The van der Waals surface area contributed by atoms with Gasteiger partial charge in [0.05, 0.1) is 21.5 Å². The number of rotatable bonds is 8. The average molecular weight is 535 g/mol. The highest BCUT2D eigenvalue weighted by molar-refractivity contribution is 7.93. The number of sulfone groups is 1. The zero-order chi connectivity index (χ0) is 26.0. The van der Waals surface area contributed by atoms with Crippen LogP contribution in [0.5, 0.6) is 0 Å². The van der Waals surface area contributed by atoms with Crippen LogP contribution in [0.4, 0.5) is 5.69 Å². The van der Waals surface area contributed by atoms with Gasteiger partial charge in [-0.15, -0.1) is 0 Å². The number of aryl methyl sites for hydroxylation is 2. The van der Waals surface area contributed by atoms with Crippen molar-refractivity contribution in [3.63, 3.8) is 0 Å². The predicted molar refractivity (Wildman–Crippen MR) is 138 cm³/mol. The van der Waals surface area contributed by atoms with Crippen molar-refractivity contribution in [3.05, 3.63) is 88.4 Å². The molecule has 0 unspecified atom stereocenters. The van der Waals surface area contributed by atoms with Gasteiger partial charge in [0.25, 0.3) is 10.0 Å². The van der Waals surface area contributed by atoms with E-state index in [9.17, 15) is 21.6 Å². The summed E-state index contributed by atoms with van der Waals surface area (Å²) >= 11 is 5.93. The zero-order valence-electron chi connectivity index (χ0n) is 19.8. The number of hydrogen-bond donors (Lipinski definition) is 1. The fourth-order valence-corrected chi connectivity index (χ4v) is 5.60. The smallest absolute Gasteiger partial charge is 0.264 e. The second-order valence-corrected chi connectivity index (χ2v) is 12.7. The number of carbonyl (C=O) groups is 1. The van der Waals surface area contributed by atoms with E-state index in [0.717, 1.165) is 21.7 Å². The molecule has 3 aromatic rings. The van der Waals surface area contributed by atoms with E-state index in [1.165, 1.54) is 36.4 Å². The molecule has 0 saturated carbocycles. The van der Waals surface area contributed by atoms with Crippen LogP contribution in [0.2, 0.25) is 5.02 Å². The molecule has 3 aromatic carbocycles. The maximum atomic E-state index is 13.5. The van der Waals surface area contributed by atoms with Gasteiger partial charge in [-0.25, -0.2) is 16.8 Å². The molecule has 35 heavy (non-hydrogen) atoms. The Balaban J connectivity index is 1.89. The molecule has 0 aliphatic rings. The van der Waals surface area contributed by atoms with Gasteiger partial charge in [-0.1, -0.05) is 29.8 Å². The van der Waals surface area contributed by atoms with Crippen molar-refractivity contribution in [2.24, 2.45) is 0 Å². The Labute approximate surface area is 211 Å². The third-order valence-corrected chi connectivity index (χ3v) is 8.82. The van der Waals surface area contributed by atoms with Crippen LogP contribution in [0.3, 0.4) is 0 Å². The van der Waals surface area contributed by atoms with Crippen molar-refractivity contribution in [1.29, 1.82) is 0 Å². The number of hydrogen-bond acceptors (Lipinski definition) is 5. The topological polar surface area (TPSA) is 101 Å². The zero-order valence-corrected chi connectivity index (χ0v) is 22.2. The lowest BCUT2D eigenvalue weighted by Gasteiger charge is -2.26. The second kappa shape index (κ2) is 10.4. The molecule has 3 rings (SSSR count). The monoisotopic (exact) mass is 534 g/mol. The van der Waals surface area contributed by atoms with E-state index in [1.54, 1.807) is 37.3 Å². The molecule has 0 saturated heterocycles. The maximum absolute atomic E-state index is 13.5. The third-order valence-electron chi connectivity index (χ3n) is 5.65. The summed E-state index contributed by atoms with van der Waals surface area (Å²) in [6.45, 7) is 5.08. The number of amides is 1. The van der Waals surface area contributed by atoms with Crippen molar-refractivity contribution in [1.82, 2.24) is 5.32 Å². The van der Waals surface area contributed by atoms with E-state index >= 15 is 0 Å². The Hall–Kier alpha value is -2.88. The van der Waals surface area contributed by atoms with Crippen LogP contribution < -0.4 is 9.62 Å². The fourth-order valence-electron chi connectivity index (χ4n) is 3.43. The van der Waals surface area contributed by atoms with Crippen LogP contribution in [0.1, 0.15) is 29.7 Å². The van der Waals surface area contributed by atoms with E-state index < -0.39 is 38.4 Å². The molecule has 7 nitrogen and oxygen atoms in total. The van der Waals surface area contributed by atoms with E-state index in [0.29, 0.717) is 16.3 Å². The summed E-state index contributed by atoms with van der Waals surface area (Å²) in [5.41, 5.74) is 2.93. The molecule has 0 radical (unpaired) electrons. The molecule has 1 atom stereocenters. The van der Waals surface area contributed by atoms with Gasteiger partial charge in [-0.2, -0.15) is 0 Å². The number of sulfonamides is 1. The molecule has 0 spiro atoms. The molecule has 1 amide bonds. The number of carbonyl (C=O) groups excluding carboxylic acids is 1. The summed E-state index contributed by atoms with van der Waals surface area (Å²) in [5.74, 6) is -0.513. The van der Waals surface area contributed by atoms with Crippen molar-refractivity contribution < 1.29 is 21.6 Å². The van der Waals surface area contributed by atoms with Crippen LogP contribution in [-0.2, 0) is 24.7 Å². The summed E-state index contributed by atoms with van der Waals surface area (Å²) < 4.78 is 51.5. The number of nitrogens with zero attached hydrogens (tertiary/aromatic N) is 1. The normalized spacial score (nSPS) is 12.7. The Bertz CT molecular complexity index is 1440. The highest BCUT2D eigenvalue weighted by Gasteiger charge is 2.28. The summed E-state index contributed by atoms with van der Waals surface area (Å²) in [6.07, 6.45) is 1.12. The number of halogens is 1. The van der Waals surface area contributed by atoms with Crippen molar-refractivity contribution in [3.8, 4) is 0 Å². The Morgan fingerprint density at radius 1 is 0.886 bits per heavy atom. The lowest BCUT2D eigenvalue weighted by molar-refractivity contribution is -0.120. The molecular formula is C25H27ClN2O5S2. The molecule has 0 aliphatic carbocycles. The Kier molecular flexibility index (Phi) is 7.93. The molecule has 0 fully saturated rings.